The largest absolute Gasteiger partial charge is 0.487 e. The lowest BCUT2D eigenvalue weighted by Gasteiger charge is -2.10. The Morgan fingerprint density at radius 2 is 2.00 bits per heavy atom. The van der Waals surface area contributed by atoms with E-state index in [1.807, 2.05) is 48.7 Å². The van der Waals surface area contributed by atoms with Crippen molar-refractivity contribution in [2.45, 2.75) is 13.2 Å². The lowest BCUT2D eigenvalue weighted by Crippen LogP contribution is -2.00. The minimum absolute atomic E-state index is 0.532. The minimum Gasteiger partial charge on any atom is -0.487 e. The van der Waals surface area contributed by atoms with Crippen LogP contribution in [0.3, 0.4) is 0 Å². The van der Waals surface area contributed by atoms with E-state index < -0.39 is 0 Å². The molecule has 1 heterocycles. The fraction of sp³-hybridized carbons (Fsp3) is 0.133. The van der Waals surface area contributed by atoms with E-state index >= 15 is 0 Å². The summed E-state index contributed by atoms with van der Waals surface area (Å²) in [5, 5.41) is 0. The third-order valence-electron chi connectivity index (χ3n) is 3.00. The van der Waals surface area contributed by atoms with Crippen molar-refractivity contribution in [3.8, 4) is 5.75 Å². The van der Waals surface area contributed by atoms with Crippen molar-refractivity contribution in [1.29, 1.82) is 0 Å². The Morgan fingerprint density at radius 3 is 2.83 bits per heavy atom. The molecule has 2 aromatic carbocycles. The Balaban J connectivity index is 1.78. The van der Waals surface area contributed by atoms with E-state index in [2.05, 4.69) is 4.99 Å². The first-order valence-corrected chi connectivity index (χ1v) is 5.92. The highest BCUT2D eigenvalue weighted by Crippen LogP contribution is 2.28. The summed E-state index contributed by atoms with van der Waals surface area (Å²) in [6, 6.07) is 14.0. The van der Waals surface area contributed by atoms with E-state index in [1.165, 1.54) is 5.56 Å². The standard InChI is InChI=1S/C15H14N2O/c16-14-6-12-8-17-9-13(12)7-15(14)18-10-11-4-2-1-3-5-11/h1-8H,9-10,16H2. The van der Waals surface area contributed by atoms with Gasteiger partial charge in [-0.15, -0.1) is 0 Å². The van der Waals surface area contributed by atoms with Crippen LogP contribution in [0, 0.1) is 0 Å². The van der Waals surface area contributed by atoms with Crippen LogP contribution in [0.4, 0.5) is 5.69 Å². The summed E-state index contributed by atoms with van der Waals surface area (Å²) in [6.07, 6.45) is 1.85. The van der Waals surface area contributed by atoms with E-state index in [4.69, 9.17) is 10.5 Å². The van der Waals surface area contributed by atoms with Crippen LogP contribution in [0.25, 0.3) is 0 Å². The van der Waals surface area contributed by atoms with Crippen LogP contribution in [0.2, 0.25) is 0 Å². The fourth-order valence-corrected chi connectivity index (χ4v) is 2.02. The molecule has 0 saturated carbocycles. The summed E-state index contributed by atoms with van der Waals surface area (Å²) in [5.74, 6) is 0.739. The number of benzene rings is 2. The number of nitrogens with two attached hydrogens (primary N) is 1. The number of fused-ring (bicyclic) bond motifs is 1. The lowest BCUT2D eigenvalue weighted by molar-refractivity contribution is 0.307. The molecule has 0 aromatic heterocycles. The molecule has 0 unspecified atom stereocenters. The first-order chi connectivity index (χ1) is 8.83. The van der Waals surface area contributed by atoms with Crippen molar-refractivity contribution < 1.29 is 4.74 Å². The van der Waals surface area contributed by atoms with Crippen LogP contribution in [0.15, 0.2) is 47.5 Å². The Kier molecular flexibility index (Phi) is 2.73. The molecule has 3 nitrogen and oxygen atoms in total. The molecular formula is C15H14N2O. The summed E-state index contributed by atoms with van der Waals surface area (Å²) in [4.78, 5) is 4.22. The summed E-state index contributed by atoms with van der Waals surface area (Å²) in [7, 11) is 0. The number of aliphatic imine (C=N–C) groups is 1. The van der Waals surface area contributed by atoms with Gasteiger partial charge in [0, 0.05) is 6.21 Å². The second kappa shape index (κ2) is 4.53. The zero-order valence-corrected chi connectivity index (χ0v) is 9.97. The van der Waals surface area contributed by atoms with Gasteiger partial charge >= 0.3 is 0 Å². The number of anilines is 1. The van der Waals surface area contributed by atoms with Crippen LogP contribution in [-0.2, 0) is 13.2 Å². The summed E-state index contributed by atoms with van der Waals surface area (Å²) in [5.41, 5.74) is 10.0. The molecule has 90 valence electrons. The highest BCUT2D eigenvalue weighted by molar-refractivity contribution is 5.86. The number of hydrogen-bond acceptors (Lipinski definition) is 3. The van der Waals surface area contributed by atoms with Crippen molar-refractivity contribution >= 4 is 11.9 Å². The molecule has 0 aliphatic carbocycles. The van der Waals surface area contributed by atoms with Crippen molar-refractivity contribution in [2.24, 2.45) is 4.99 Å². The molecule has 1 aliphatic rings. The highest BCUT2D eigenvalue weighted by Gasteiger charge is 2.11. The molecule has 3 heteroatoms. The maximum atomic E-state index is 5.97. The van der Waals surface area contributed by atoms with Crippen LogP contribution in [-0.4, -0.2) is 6.21 Å². The fourth-order valence-electron chi connectivity index (χ4n) is 2.02. The molecule has 0 amide bonds. The second-order valence-corrected chi connectivity index (χ2v) is 4.33. The number of ether oxygens (including phenoxy) is 1. The normalized spacial score (nSPS) is 12.4. The van der Waals surface area contributed by atoms with Gasteiger partial charge < -0.3 is 10.5 Å². The monoisotopic (exact) mass is 238 g/mol. The number of hydrogen-bond donors (Lipinski definition) is 1. The quantitative estimate of drug-likeness (QED) is 0.836. The maximum Gasteiger partial charge on any atom is 0.143 e. The topological polar surface area (TPSA) is 47.6 Å². The third kappa shape index (κ3) is 2.07. The minimum atomic E-state index is 0.532. The predicted octanol–water partition coefficient (Wildman–Crippen LogP) is 2.78. The molecule has 0 spiro atoms. The Morgan fingerprint density at radius 1 is 1.17 bits per heavy atom. The molecule has 2 aromatic rings. The van der Waals surface area contributed by atoms with Crippen molar-refractivity contribution in [2.75, 3.05) is 5.73 Å². The van der Waals surface area contributed by atoms with E-state index in [-0.39, 0.29) is 0 Å². The van der Waals surface area contributed by atoms with Gasteiger partial charge in [-0.3, -0.25) is 4.99 Å². The molecule has 1 aliphatic heterocycles. The van der Waals surface area contributed by atoms with Gasteiger partial charge in [0.2, 0.25) is 0 Å². The van der Waals surface area contributed by atoms with Crippen LogP contribution < -0.4 is 10.5 Å². The molecular weight excluding hydrogens is 224 g/mol. The molecule has 2 N–H and O–H groups in total. The zero-order chi connectivity index (χ0) is 12.4. The zero-order valence-electron chi connectivity index (χ0n) is 9.97. The van der Waals surface area contributed by atoms with Crippen LogP contribution in [0.5, 0.6) is 5.75 Å². The number of rotatable bonds is 3. The summed E-state index contributed by atoms with van der Waals surface area (Å²) in [6.45, 7) is 1.25. The first kappa shape index (κ1) is 10.8. The van der Waals surface area contributed by atoms with E-state index in [0.29, 0.717) is 12.3 Å². The highest BCUT2D eigenvalue weighted by atomic mass is 16.5. The maximum absolute atomic E-state index is 5.97. The van der Waals surface area contributed by atoms with Gasteiger partial charge in [-0.05, 0) is 28.8 Å². The van der Waals surface area contributed by atoms with Crippen LogP contribution in [0.1, 0.15) is 16.7 Å². The van der Waals surface area contributed by atoms with Crippen molar-refractivity contribution in [1.82, 2.24) is 0 Å². The Hall–Kier alpha value is -2.29. The van der Waals surface area contributed by atoms with E-state index in [0.717, 1.165) is 23.4 Å². The summed E-state index contributed by atoms with van der Waals surface area (Å²) >= 11 is 0. The number of nitrogen functional groups attached to an aromatic ring is 1. The smallest absolute Gasteiger partial charge is 0.143 e. The molecule has 0 radical (unpaired) electrons. The first-order valence-electron chi connectivity index (χ1n) is 5.92. The summed E-state index contributed by atoms with van der Waals surface area (Å²) < 4.78 is 5.77. The second-order valence-electron chi connectivity index (χ2n) is 4.33. The van der Waals surface area contributed by atoms with Gasteiger partial charge in [0.1, 0.15) is 12.4 Å². The lowest BCUT2D eigenvalue weighted by atomic mass is 10.1. The molecule has 18 heavy (non-hydrogen) atoms. The Labute approximate surface area is 106 Å². The molecule has 0 saturated heterocycles. The number of nitrogens with zero attached hydrogens (tertiary/aromatic N) is 1. The van der Waals surface area contributed by atoms with E-state index in [9.17, 15) is 0 Å². The Bertz CT molecular complexity index is 591. The van der Waals surface area contributed by atoms with Crippen LogP contribution >= 0.6 is 0 Å². The van der Waals surface area contributed by atoms with Gasteiger partial charge in [0.05, 0.1) is 12.2 Å². The van der Waals surface area contributed by atoms with E-state index in [1.54, 1.807) is 0 Å². The average Bonchev–Trinajstić information content (AvgIpc) is 2.84. The van der Waals surface area contributed by atoms with Gasteiger partial charge in [0.15, 0.2) is 0 Å². The van der Waals surface area contributed by atoms with Crippen molar-refractivity contribution in [3.05, 3.63) is 59.2 Å². The van der Waals surface area contributed by atoms with Gasteiger partial charge in [-0.2, -0.15) is 0 Å². The van der Waals surface area contributed by atoms with Crippen molar-refractivity contribution in [3.63, 3.8) is 0 Å². The average molecular weight is 238 g/mol. The molecule has 0 bridgehead atoms. The van der Waals surface area contributed by atoms with Gasteiger partial charge in [-0.25, -0.2) is 0 Å². The predicted molar refractivity (Wildman–Crippen MR) is 72.9 cm³/mol. The molecule has 0 atom stereocenters. The third-order valence-corrected chi connectivity index (χ3v) is 3.00. The van der Waals surface area contributed by atoms with Gasteiger partial charge in [0.25, 0.3) is 0 Å². The SMILES string of the molecule is Nc1cc2c(cc1OCc1ccccc1)CN=C2. The van der Waals surface area contributed by atoms with Gasteiger partial charge in [-0.1, -0.05) is 30.3 Å². The molecule has 0 fully saturated rings. The molecule has 3 rings (SSSR count).